The Bertz CT molecular complexity index is 408. The SMILES string of the molecule is CCC(Nc1ccc(CN2CCOCC2)cc1)C1CC1. The zero-order valence-corrected chi connectivity index (χ0v) is 12.5. The molecule has 0 amide bonds. The van der Waals surface area contributed by atoms with E-state index < -0.39 is 0 Å². The van der Waals surface area contributed by atoms with Crippen LogP contribution in [0, 0.1) is 5.92 Å². The fourth-order valence-corrected chi connectivity index (χ4v) is 2.99. The summed E-state index contributed by atoms with van der Waals surface area (Å²) in [7, 11) is 0. The number of nitrogens with zero attached hydrogens (tertiary/aromatic N) is 1. The molecule has 20 heavy (non-hydrogen) atoms. The maximum absolute atomic E-state index is 5.39. The highest BCUT2D eigenvalue weighted by molar-refractivity contribution is 5.45. The Kier molecular flexibility index (Phi) is 4.58. The van der Waals surface area contributed by atoms with E-state index in [4.69, 9.17) is 4.74 Å². The second-order valence-corrected chi connectivity index (χ2v) is 6.08. The largest absolute Gasteiger partial charge is 0.382 e. The molecule has 1 aromatic rings. The summed E-state index contributed by atoms with van der Waals surface area (Å²) < 4.78 is 5.39. The molecule has 0 bridgehead atoms. The molecule has 1 aliphatic heterocycles. The third-order valence-electron chi connectivity index (χ3n) is 4.45. The second-order valence-electron chi connectivity index (χ2n) is 6.08. The minimum Gasteiger partial charge on any atom is -0.382 e. The molecule has 2 fully saturated rings. The van der Waals surface area contributed by atoms with Crippen molar-refractivity contribution in [1.29, 1.82) is 0 Å². The monoisotopic (exact) mass is 274 g/mol. The third-order valence-corrected chi connectivity index (χ3v) is 4.45. The molecule has 1 atom stereocenters. The second kappa shape index (κ2) is 6.59. The van der Waals surface area contributed by atoms with Crippen molar-refractivity contribution in [3.05, 3.63) is 29.8 Å². The van der Waals surface area contributed by atoms with Crippen molar-refractivity contribution in [1.82, 2.24) is 4.90 Å². The van der Waals surface area contributed by atoms with Gasteiger partial charge in [-0.25, -0.2) is 0 Å². The highest BCUT2D eigenvalue weighted by Gasteiger charge is 2.29. The summed E-state index contributed by atoms with van der Waals surface area (Å²) in [6, 6.07) is 9.66. The molecule has 1 N–H and O–H groups in total. The Hall–Kier alpha value is -1.06. The zero-order chi connectivity index (χ0) is 13.8. The minimum absolute atomic E-state index is 0.667. The maximum Gasteiger partial charge on any atom is 0.0594 e. The summed E-state index contributed by atoms with van der Waals surface area (Å²) in [6.07, 6.45) is 4.03. The molecule has 1 aliphatic carbocycles. The Balaban J connectivity index is 1.53. The van der Waals surface area contributed by atoms with Crippen LogP contribution in [0.3, 0.4) is 0 Å². The van der Waals surface area contributed by atoms with Gasteiger partial charge in [-0.15, -0.1) is 0 Å². The minimum atomic E-state index is 0.667. The first-order valence-electron chi connectivity index (χ1n) is 8.00. The lowest BCUT2D eigenvalue weighted by Crippen LogP contribution is -2.35. The van der Waals surface area contributed by atoms with E-state index in [1.807, 2.05) is 0 Å². The number of morpholine rings is 1. The molecule has 3 nitrogen and oxygen atoms in total. The van der Waals surface area contributed by atoms with Crippen LogP contribution in [0.1, 0.15) is 31.7 Å². The average Bonchev–Trinajstić information content (AvgIpc) is 3.32. The topological polar surface area (TPSA) is 24.5 Å². The van der Waals surface area contributed by atoms with Gasteiger partial charge < -0.3 is 10.1 Å². The normalized spacial score (nSPS) is 21.6. The number of benzene rings is 1. The van der Waals surface area contributed by atoms with Crippen molar-refractivity contribution in [3.8, 4) is 0 Å². The zero-order valence-electron chi connectivity index (χ0n) is 12.5. The highest BCUT2D eigenvalue weighted by atomic mass is 16.5. The van der Waals surface area contributed by atoms with Gasteiger partial charge in [-0.3, -0.25) is 4.90 Å². The van der Waals surface area contributed by atoms with Crippen LogP contribution in [-0.2, 0) is 11.3 Å². The molecule has 3 heteroatoms. The Morgan fingerprint density at radius 1 is 1.20 bits per heavy atom. The van der Waals surface area contributed by atoms with E-state index in [1.165, 1.54) is 30.5 Å². The Labute approximate surface area is 122 Å². The molecule has 0 radical (unpaired) electrons. The molecule has 1 unspecified atom stereocenters. The van der Waals surface area contributed by atoms with Crippen LogP contribution < -0.4 is 5.32 Å². The van der Waals surface area contributed by atoms with Crippen LogP contribution in [0.15, 0.2) is 24.3 Å². The number of nitrogens with one attached hydrogen (secondary N) is 1. The molecular formula is C17H26N2O. The highest BCUT2D eigenvalue weighted by Crippen LogP contribution is 2.35. The summed E-state index contributed by atoms with van der Waals surface area (Å²) in [4.78, 5) is 2.46. The first kappa shape index (κ1) is 13.9. The fourth-order valence-electron chi connectivity index (χ4n) is 2.99. The van der Waals surface area contributed by atoms with E-state index in [-0.39, 0.29) is 0 Å². The number of rotatable bonds is 6. The van der Waals surface area contributed by atoms with Gasteiger partial charge in [-0.1, -0.05) is 19.1 Å². The summed E-state index contributed by atoms with van der Waals surface area (Å²) >= 11 is 0. The Morgan fingerprint density at radius 3 is 2.50 bits per heavy atom. The van der Waals surface area contributed by atoms with Gasteiger partial charge in [-0.05, 0) is 42.9 Å². The van der Waals surface area contributed by atoms with Gasteiger partial charge in [0.05, 0.1) is 13.2 Å². The first-order chi connectivity index (χ1) is 9.85. The lowest BCUT2D eigenvalue weighted by molar-refractivity contribution is 0.0342. The molecule has 1 aromatic carbocycles. The van der Waals surface area contributed by atoms with E-state index in [0.717, 1.165) is 38.8 Å². The number of ether oxygens (including phenoxy) is 1. The molecule has 1 heterocycles. The lowest BCUT2D eigenvalue weighted by Gasteiger charge is -2.26. The quantitative estimate of drug-likeness (QED) is 0.862. The standard InChI is InChI=1S/C17H26N2O/c1-2-17(15-5-6-15)18-16-7-3-14(4-8-16)13-19-9-11-20-12-10-19/h3-4,7-8,15,17-18H,2,5-6,9-13H2,1H3. The van der Waals surface area contributed by atoms with Crippen molar-refractivity contribution in [3.63, 3.8) is 0 Å². The Morgan fingerprint density at radius 2 is 1.90 bits per heavy atom. The molecule has 1 saturated carbocycles. The predicted molar refractivity (Wildman–Crippen MR) is 83.0 cm³/mol. The van der Waals surface area contributed by atoms with Gasteiger partial charge in [0, 0.05) is 31.4 Å². The molecule has 0 spiro atoms. The van der Waals surface area contributed by atoms with E-state index in [2.05, 4.69) is 41.4 Å². The fraction of sp³-hybridized carbons (Fsp3) is 0.647. The van der Waals surface area contributed by atoms with Gasteiger partial charge >= 0.3 is 0 Å². The number of anilines is 1. The average molecular weight is 274 g/mol. The van der Waals surface area contributed by atoms with E-state index in [0.29, 0.717) is 6.04 Å². The molecule has 3 rings (SSSR count). The van der Waals surface area contributed by atoms with Gasteiger partial charge in [0.1, 0.15) is 0 Å². The predicted octanol–water partition coefficient (Wildman–Crippen LogP) is 3.12. The lowest BCUT2D eigenvalue weighted by atomic mass is 10.1. The molecule has 1 saturated heterocycles. The van der Waals surface area contributed by atoms with Gasteiger partial charge in [0.25, 0.3) is 0 Å². The van der Waals surface area contributed by atoms with Crippen LogP contribution in [0.4, 0.5) is 5.69 Å². The van der Waals surface area contributed by atoms with Gasteiger partial charge in [0.15, 0.2) is 0 Å². The van der Waals surface area contributed by atoms with Crippen molar-refractivity contribution < 1.29 is 4.74 Å². The van der Waals surface area contributed by atoms with Crippen LogP contribution in [0.2, 0.25) is 0 Å². The van der Waals surface area contributed by atoms with E-state index >= 15 is 0 Å². The molecular weight excluding hydrogens is 248 g/mol. The van der Waals surface area contributed by atoms with Gasteiger partial charge in [0.2, 0.25) is 0 Å². The van der Waals surface area contributed by atoms with Crippen LogP contribution in [0.25, 0.3) is 0 Å². The summed E-state index contributed by atoms with van der Waals surface area (Å²) in [5, 5.41) is 3.69. The van der Waals surface area contributed by atoms with Crippen molar-refractivity contribution in [2.75, 3.05) is 31.6 Å². The summed E-state index contributed by atoms with van der Waals surface area (Å²) in [6.45, 7) is 7.18. The molecule has 0 aromatic heterocycles. The maximum atomic E-state index is 5.39. The third kappa shape index (κ3) is 3.74. The molecule has 110 valence electrons. The smallest absolute Gasteiger partial charge is 0.0594 e. The van der Waals surface area contributed by atoms with Crippen molar-refractivity contribution in [2.45, 2.75) is 38.8 Å². The molecule has 2 aliphatic rings. The van der Waals surface area contributed by atoms with Crippen molar-refractivity contribution >= 4 is 5.69 Å². The first-order valence-corrected chi connectivity index (χ1v) is 8.00. The number of hydrogen-bond donors (Lipinski definition) is 1. The van der Waals surface area contributed by atoms with Crippen LogP contribution in [-0.4, -0.2) is 37.2 Å². The van der Waals surface area contributed by atoms with Crippen molar-refractivity contribution in [2.24, 2.45) is 5.92 Å². The summed E-state index contributed by atoms with van der Waals surface area (Å²) in [5.74, 6) is 0.910. The van der Waals surface area contributed by atoms with Gasteiger partial charge in [-0.2, -0.15) is 0 Å². The van der Waals surface area contributed by atoms with E-state index in [9.17, 15) is 0 Å². The van der Waals surface area contributed by atoms with E-state index in [1.54, 1.807) is 0 Å². The number of hydrogen-bond acceptors (Lipinski definition) is 3. The van der Waals surface area contributed by atoms with Crippen LogP contribution >= 0.6 is 0 Å². The van der Waals surface area contributed by atoms with Crippen LogP contribution in [0.5, 0.6) is 0 Å². The summed E-state index contributed by atoms with van der Waals surface area (Å²) in [5.41, 5.74) is 2.67.